The van der Waals surface area contributed by atoms with E-state index in [1.807, 2.05) is 61.5 Å². The van der Waals surface area contributed by atoms with Gasteiger partial charge < -0.3 is 20.5 Å². The molecular weight excluding hydrogens is 489 g/mol. The van der Waals surface area contributed by atoms with Crippen molar-refractivity contribution in [3.63, 3.8) is 0 Å². The van der Waals surface area contributed by atoms with Crippen LogP contribution in [0.5, 0.6) is 0 Å². The molecule has 5 nitrogen and oxygen atoms in total. The van der Waals surface area contributed by atoms with Crippen LogP contribution in [0.1, 0.15) is 30.1 Å². The van der Waals surface area contributed by atoms with Crippen molar-refractivity contribution in [1.29, 1.82) is 0 Å². The lowest BCUT2D eigenvalue weighted by molar-refractivity contribution is 0.106. The average molecular weight is 518 g/mol. The van der Waals surface area contributed by atoms with Crippen molar-refractivity contribution < 1.29 is 9.84 Å². The highest BCUT2D eigenvalue weighted by molar-refractivity contribution is 14.0. The van der Waals surface area contributed by atoms with Crippen LogP contribution in [0.3, 0.4) is 0 Å². The van der Waals surface area contributed by atoms with Gasteiger partial charge in [0.05, 0.1) is 19.3 Å². The van der Waals surface area contributed by atoms with Crippen LogP contribution in [0.2, 0.25) is 5.02 Å². The van der Waals surface area contributed by atoms with E-state index in [9.17, 15) is 5.11 Å². The van der Waals surface area contributed by atoms with Gasteiger partial charge in [-0.2, -0.15) is 0 Å². The molecule has 0 bridgehead atoms. The molecule has 2 unspecified atom stereocenters. The fraction of sp³-hybridized carbons (Fsp3) is 0.381. The zero-order chi connectivity index (χ0) is 19.5. The molecule has 2 aromatic rings. The summed E-state index contributed by atoms with van der Waals surface area (Å²) < 4.78 is 5.59. The standard InChI is InChI=1S/C21H28ClN3O2.HI/c1-3-23-21(24-13-18(15-26)16-8-5-4-6-9-16)25-14-20(27-2)17-10-7-11-19(22)12-17;/h4-12,18,20,26H,3,13-15H2,1-2H3,(H2,23,24,25);1H. The number of hydrogen-bond acceptors (Lipinski definition) is 3. The number of hydrogen-bond donors (Lipinski definition) is 3. The van der Waals surface area contributed by atoms with E-state index in [2.05, 4.69) is 15.6 Å². The number of nitrogens with zero attached hydrogens (tertiary/aromatic N) is 1. The molecule has 154 valence electrons. The highest BCUT2D eigenvalue weighted by Crippen LogP contribution is 2.20. The molecule has 2 aromatic carbocycles. The van der Waals surface area contributed by atoms with Crippen molar-refractivity contribution >= 4 is 41.5 Å². The summed E-state index contributed by atoms with van der Waals surface area (Å²) in [5, 5.41) is 16.9. The predicted octanol–water partition coefficient (Wildman–Crippen LogP) is 3.98. The third-order valence-corrected chi connectivity index (χ3v) is 4.50. The molecule has 2 rings (SSSR count). The van der Waals surface area contributed by atoms with E-state index in [1.165, 1.54) is 0 Å². The van der Waals surface area contributed by atoms with Gasteiger partial charge in [0.1, 0.15) is 0 Å². The van der Waals surface area contributed by atoms with E-state index in [1.54, 1.807) is 7.11 Å². The summed E-state index contributed by atoms with van der Waals surface area (Å²) in [4.78, 5) is 4.63. The smallest absolute Gasteiger partial charge is 0.191 e. The molecule has 2 atom stereocenters. The van der Waals surface area contributed by atoms with Crippen LogP contribution >= 0.6 is 35.6 Å². The van der Waals surface area contributed by atoms with Gasteiger partial charge in [-0.05, 0) is 30.2 Å². The van der Waals surface area contributed by atoms with Gasteiger partial charge in [0.25, 0.3) is 0 Å². The number of rotatable bonds is 9. The van der Waals surface area contributed by atoms with Crippen molar-refractivity contribution in [2.75, 3.05) is 33.4 Å². The molecule has 0 saturated carbocycles. The zero-order valence-corrected chi connectivity index (χ0v) is 19.4. The van der Waals surface area contributed by atoms with Crippen molar-refractivity contribution in [1.82, 2.24) is 10.6 Å². The molecule has 0 fully saturated rings. The van der Waals surface area contributed by atoms with Gasteiger partial charge >= 0.3 is 0 Å². The number of aliphatic hydroxyl groups is 1. The van der Waals surface area contributed by atoms with Crippen molar-refractivity contribution in [3.05, 3.63) is 70.7 Å². The van der Waals surface area contributed by atoms with Gasteiger partial charge in [0.2, 0.25) is 0 Å². The molecule has 0 aliphatic heterocycles. The summed E-state index contributed by atoms with van der Waals surface area (Å²) in [7, 11) is 1.68. The number of aliphatic hydroxyl groups excluding tert-OH is 1. The van der Waals surface area contributed by atoms with Gasteiger partial charge in [-0.1, -0.05) is 54.1 Å². The summed E-state index contributed by atoms with van der Waals surface area (Å²) >= 11 is 6.08. The fourth-order valence-corrected chi connectivity index (χ4v) is 2.97. The first-order valence-corrected chi connectivity index (χ1v) is 9.52. The maximum absolute atomic E-state index is 9.71. The minimum absolute atomic E-state index is 0. The van der Waals surface area contributed by atoms with Crippen LogP contribution in [-0.4, -0.2) is 44.4 Å². The molecule has 0 spiro atoms. The topological polar surface area (TPSA) is 65.9 Å². The second kappa shape index (κ2) is 13.8. The van der Waals surface area contributed by atoms with Crippen LogP contribution in [0.25, 0.3) is 0 Å². The zero-order valence-electron chi connectivity index (χ0n) is 16.3. The Kier molecular flexibility index (Phi) is 12.1. The third kappa shape index (κ3) is 7.95. The van der Waals surface area contributed by atoms with E-state index in [0.717, 1.165) is 17.7 Å². The fourth-order valence-electron chi connectivity index (χ4n) is 2.77. The lowest BCUT2D eigenvalue weighted by Crippen LogP contribution is -2.40. The highest BCUT2D eigenvalue weighted by atomic mass is 127. The second-order valence-electron chi connectivity index (χ2n) is 6.17. The number of nitrogens with one attached hydrogen (secondary N) is 2. The maximum atomic E-state index is 9.71. The molecule has 3 N–H and O–H groups in total. The van der Waals surface area contributed by atoms with Crippen LogP contribution < -0.4 is 10.6 Å². The largest absolute Gasteiger partial charge is 0.396 e. The number of aliphatic imine (C=N–C) groups is 1. The highest BCUT2D eigenvalue weighted by Gasteiger charge is 2.13. The summed E-state index contributed by atoms with van der Waals surface area (Å²) in [6.45, 7) is 3.86. The Balaban J connectivity index is 0.00000392. The quantitative estimate of drug-likeness (QED) is 0.267. The van der Waals surface area contributed by atoms with Gasteiger partial charge in [0, 0.05) is 31.1 Å². The average Bonchev–Trinajstić information content (AvgIpc) is 2.69. The minimum atomic E-state index is -0.143. The van der Waals surface area contributed by atoms with Crippen molar-refractivity contribution in [2.24, 2.45) is 4.99 Å². The first kappa shape index (κ1) is 24.7. The molecule has 0 aromatic heterocycles. The molecule has 0 radical (unpaired) electrons. The SMILES string of the molecule is CCNC(=NCC(CO)c1ccccc1)NCC(OC)c1cccc(Cl)c1.I. The molecule has 7 heteroatoms. The van der Waals surface area contributed by atoms with Crippen molar-refractivity contribution in [3.8, 4) is 0 Å². The Bertz CT molecular complexity index is 716. The molecule has 0 amide bonds. The summed E-state index contributed by atoms with van der Waals surface area (Å²) in [6, 6.07) is 17.6. The normalized spacial score (nSPS) is 13.4. The lowest BCUT2D eigenvalue weighted by Gasteiger charge is -2.19. The number of methoxy groups -OCH3 is 1. The van der Waals surface area contributed by atoms with Gasteiger partial charge in [-0.3, -0.25) is 4.99 Å². The number of guanidine groups is 1. The molecule has 0 aliphatic rings. The van der Waals surface area contributed by atoms with Crippen LogP contribution in [0.4, 0.5) is 0 Å². The van der Waals surface area contributed by atoms with Crippen LogP contribution in [0.15, 0.2) is 59.6 Å². The molecule has 0 saturated heterocycles. The van der Waals surface area contributed by atoms with Gasteiger partial charge in [-0.15, -0.1) is 24.0 Å². The summed E-state index contributed by atoms with van der Waals surface area (Å²) in [6.07, 6.45) is -0.143. The van der Waals surface area contributed by atoms with Crippen molar-refractivity contribution in [2.45, 2.75) is 18.9 Å². The molecular formula is C21H29ClIN3O2. The Morgan fingerprint density at radius 1 is 1.11 bits per heavy atom. The van der Waals surface area contributed by atoms with Crippen LogP contribution in [-0.2, 0) is 4.74 Å². The third-order valence-electron chi connectivity index (χ3n) is 4.27. The van der Waals surface area contributed by atoms with E-state index in [4.69, 9.17) is 16.3 Å². The van der Waals surface area contributed by atoms with Gasteiger partial charge in [0.15, 0.2) is 5.96 Å². The Labute approximate surface area is 189 Å². The predicted molar refractivity (Wildman–Crippen MR) is 127 cm³/mol. The first-order valence-electron chi connectivity index (χ1n) is 9.14. The van der Waals surface area contributed by atoms with E-state index < -0.39 is 0 Å². The maximum Gasteiger partial charge on any atom is 0.191 e. The van der Waals surface area contributed by atoms with Gasteiger partial charge in [-0.25, -0.2) is 0 Å². The first-order chi connectivity index (χ1) is 13.2. The number of benzene rings is 2. The molecule has 28 heavy (non-hydrogen) atoms. The van der Waals surface area contributed by atoms with E-state index >= 15 is 0 Å². The van der Waals surface area contributed by atoms with E-state index in [0.29, 0.717) is 24.1 Å². The summed E-state index contributed by atoms with van der Waals surface area (Å²) in [5.74, 6) is 0.656. The van der Waals surface area contributed by atoms with E-state index in [-0.39, 0.29) is 42.6 Å². The lowest BCUT2D eigenvalue weighted by atomic mass is 10.0. The Morgan fingerprint density at radius 3 is 2.43 bits per heavy atom. The monoisotopic (exact) mass is 517 g/mol. The minimum Gasteiger partial charge on any atom is -0.396 e. The Hall–Kier alpha value is -1.35. The summed E-state index contributed by atoms with van der Waals surface area (Å²) in [5.41, 5.74) is 2.08. The molecule has 0 heterocycles. The number of ether oxygens (including phenoxy) is 1. The molecule has 0 aliphatic carbocycles. The van der Waals surface area contributed by atoms with Crippen LogP contribution in [0, 0.1) is 0 Å². The Morgan fingerprint density at radius 2 is 1.82 bits per heavy atom. The number of halogens is 2. The second-order valence-corrected chi connectivity index (χ2v) is 6.61.